The molecule has 2 aromatic rings. The maximum atomic E-state index is 12.6. The van der Waals surface area contributed by atoms with Gasteiger partial charge in [-0.3, -0.25) is 4.79 Å². The van der Waals surface area contributed by atoms with Crippen molar-refractivity contribution in [2.45, 2.75) is 39.8 Å². The number of hydrogen-bond acceptors (Lipinski definition) is 5. The van der Waals surface area contributed by atoms with Gasteiger partial charge < -0.3 is 15.8 Å². The zero-order chi connectivity index (χ0) is 20.7. The number of rotatable bonds is 4. The van der Waals surface area contributed by atoms with Crippen LogP contribution in [-0.4, -0.2) is 23.0 Å². The van der Waals surface area contributed by atoms with Gasteiger partial charge >= 0.3 is 0 Å². The zero-order valence-corrected chi connectivity index (χ0v) is 17.0. The number of benzene rings is 1. The van der Waals surface area contributed by atoms with Crippen LogP contribution in [0.15, 0.2) is 36.5 Å². The van der Waals surface area contributed by atoms with Gasteiger partial charge in [-0.1, -0.05) is 39.3 Å². The highest BCUT2D eigenvalue weighted by Gasteiger charge is 2.64. The molecule has 1 fully saturated rings. The molecule has 3 rings (SSSR count). The Hall–Kier alpha value is -2.78. The minimum Gasteiger partial charge on any atom is -0.489 e. The summed E-state index contributed by atoms with van der Waals surface area (Å²) in [5, 5.41) is 12.5. The van der Waals surface area contributed by atoms with Crippen LogP contribution in [0, 0.1) is 22.2 Å². The summed E-state index contributed by atoms with van der Waals surface area (Å²) in [6, 6.07) is 10.2. The second-order valence-electron chi connectivity index (χ2n) is 8.27. The van der Waals surface area contributed by atoms with Gasteiger partial charge in [0.05, 0.1) is 16.1 Å². The molecule has 0 saturated heterocycles. The van der Waals surface area contributed by atoms with Crippen LogP contribution < -0.4 is 15.8 Å². The van der Waals surface area contributed by atoms with Crippen molar-refractivity contribution in [1.29, 1.82) is 5.26 Å². The lowest BCUT2D eigenvalue weighted by Crippen LogP contribution is -2.74. The van der Waals surface area contributed by atoms with Gasteiger partial charge in [0.2, 0.25) is 0 Å². The van der Waals surface area contributed by atoms with Gasteiger partial charge in [0.1, 0.15) is 23.7 Å². The summed E-state index contributed by atoms with van der Waals surface area (Å²) < 4.78 is 6.22. The standard InChI is InChI=1S/C21H23ClN4O2/c1-20(2)18(26-17(27)13-6-8-16(24)25-11-13)21(3,4)19(20)28-14-7-5-12(10-23)15(22)9-14/h5-9,11,18-19H,1-4H3,(H2,24,25)(H,26,27)/t18-,19-. The van der Waals surface area contributed by atoms with E-state index >= 15 is 0 Å². The van der Waals surface area contributed by atoms with Gasteiger partial charge in [-0.25, -0.2) is 4.98 Å². The highest BCUT2D eigenvalue weighted by Crippen LogP contribution is 2.55. The summed E-state index contributed by atoms with van der Waals surface area (Å²) >= 11 is 6.12. The maximum absolute atomic E-state index is 12.6. The predicted octanol–water partition coefficient (Wildman–Crippen LogP) is 3.80. The van der Waals surface area contributed by atoms with E-state index in [0.29, 0.717) is 27.7 Å². The molecular formula is C21H23ClN4O2. The predicted molar refractivity (Wildman–Crippen MR) is 108 cm³/mol. The molecule has 6 nitrogen and oxygen atoms in total. The number of nitrogen functional groups attached to an aromatic ring is 1. The lowest BCUT2D eigenvalue weighted by Gasteiger charge is -2.63. The number of nitrogens with two attached hydrogens (primary N) is 1. The van der Waals surface area contributed by atoms with E-state index in [4.69, 9.17) is 27.3 Å². The molecule has 0 aliphatic heterocycles. The third-order valence-electron chi connectivity index (χ3n) is 5.48. The Bertz CT molecular complexity index is 932. The van der Waals surface area contributed by atoms with E-state index in [2.05, 4.69) is 38.0 Å². The fourth-order valence-corrected chi connectivity index (χ4v) is 4.56. The zero-order valence-electron chi connectivity index (χ0n) is 16.3. The molecular weight excluding hydrogens is 376 g/mol. The van der Waals surface area contributed by atoms with Gasteiger partial charge in [0, 0.05) is 29.1 Å². The molecule has 1 aromatic carbocycles. The van der Waals surface area contributed by atoms with Crippen LogP contribution in [0.3, 0.4) is 0 Å². The van der Waals surface area contributed by atoms with Crippen LogP contribution in [0.5, 0.6) is 5.75 Å². The van der Waals surface area contributed by atoms with Gasteiger partial charge in [0.25, 0.3) is 5.91 Å². The first-order valence-electron chi connectivity index (χ1n) is 8.96. The van der Waals surface area contributed by atoms with Gasteiger partial charge in [-0.05, 0) is 24.3 Å². The summed E-state index contributed by atoms with van der Waals surface area (Å²) in [6.07, 6.45) is 1.31. The minimum absolute atomic E-state index is 0.107. The fourth-order valence-electron chi connectivity index (χ4n) is 4.35. The van der Waals surface area contributed by atoms with E-state index in [0.717, 1.165) is 0 Å². The Labute approximate surface area is 169 Å². The monoisotopic (exact) mass is 398 g/mol. The van der Waals surface area contributed by atoms with Gasteiger partial charge in [0.15, 0.2) is 0 Å². The fraction of sp³-hybridized carbons (Fsp3) is 0.381. The topological polar surface area (TPSA) is 101 Å². The Morgan fingerprint density at radius 1 is 1.25 bits per heavy atom. The van der Waals surface area contributed by atoms with E-state index in [1.54, 1.807) is 30.3 Å². The summed E-state index contributed by atoms with van der Waals surface area (Å²) in [5.41, 5.74) is 5.82. The summed E-state index contributed by atoms with van der Waals surface area (Å²) in [5.74, 6) is 0.775. The third kappa shape index (κ3) is 3.38. The van der Waals surface area contributed by atoms with Crippen molar-refractivity contribution in [3.63, 3.8) is 0 Å². The van der Waals surface area contributed by atoms with Gasteiger partial charge in [-0.15, -0.1) is 0 Å². The van der Waals surface area contributed by atoms with Crippen LogP contribution in [0.25, 0.3) is 0 Å². The molecule has 0 bridgehead atoms. The molecule has 28 heavy (non-hydrogen) atoms. The lowest BCUT2D eigenvalue weighted by molar-refractivity contribution is -0.164. The first-order valence-corrected chi connectivity index (χ1v) is 9.34. The molecule has 1 heterocycles. The number of nitriles is 1. The molecule has 1 saturated carbocycles. The highest BCUT2D eigenvalue weighted by molar-refractivity contribution is 6.31. The number of ether oxygens (including phenoxy) is 1. The summed E-state index contributed by atoms with van der Waals surface area (Å²) in [7, 11) is 0. The van der Waals surface area contributed by atoms with E-state index < -0.39 is 0 Å². The van der Waals surface area contributed by atoms with Crippen molar-refractivity contribution in [2.24, 2.45) is 10.8 Å². The second-order valence-corrected chi connectivity index (χ2v) is 8.68. The average Bonchev–Trinajstić information content (AvgIpc) is 2.64. The molecule has 0 spiro atoms. The molecule has 0 radical (unpaired) electrons. The maximum Gasteiger partial charge on any atom is 0.253 e. The number of carbonyl (C=O) groups excluding carboxylic acids is 1. The van der Waals surface area contributed by atoms with E-state index in [9.17, 15) is 4.79 Å². The number of carbonyl (C=O) groups is 1. The molecule has 1 aromatic heterocycles. The summed E-state index contributed by atoms with van der Waals surface area (Å²) in [6.45, 7) is 8.22. The molecule has 0 atom stereocenters. The Kier molecular flexibility index (Phi) is 4.99. The Balaban J connectivity index is 1.76. The number of hydrogen-bond donors (Lipinski definition) is 2. The molecule has 3 N–H and O–H groups in total. The SMILES string of the molecule is CC1(C)[C@H](NC(=O)c2ccc(N)nc2)C(C)(C)[C@H]1Oc1ccc(C#N)c(Cl)c1. The second kappa shape index (κ2) is 6.99. The van der Waals surface area contributed by atoms with Crippen LogP contribution in [0.2, 0.25) is 5.02 Å². The quantitative estimate of drug-likeness (QED) is 0.815. The molecule has 1 amide bonds. The van der Waals surface area contributed by atoms with Crippen molar-refractivity contribution in [1.82, 2.24) is 10.3 Å². The minimum atomic E-state index is -0.319. The van der Waals surface area contributed by atoms with Crippen LogP contribution in [0.1, 0.15) is 43.6 Å². The molecule has 1 aliphatic carbocycles. The average molecular weight is 399 g/mol. The van der Waals surface area contributed by atoms with E-state index in [1.807, 2.05) is 6.07 Å². The van der Waals surface area contributed by atoms with Crippen molar-refractivity contribution in [3.8, 4) is 11.8 Å². The van der Waals surface area contributed by atoms with Gasteiger partial charge in [-0.2, -0.15) is 5.26 Å². The molecule has 1 aliphatic rings. The van der Waals surface area contributed by atoms with Crippen molar-refractivity contribution in [2.75, 3.05) is 5.73 Å². The Morgan fingerprint density at radius 3 is 2.46 bits per heavy atom. The largest absolute Gasteiger partial charge is 0.489 e. The van der Waals surface area contributed by atoms with Crippen molar-refractivity contribution in [3.05, 3.63) is 52.7 Å². The number of anilines is 1. The number of halogens is 1. The highest BCUT2D eigenvalue weighted by atomic mass is 35.5. The lowest BCUT2D eigenvalue weighted by atomic mass is 9.49. The van der Waals surface area contributed by atoms with Crippen LogP contribution >= 0.6 is 11.6 Å². The summed E-state index contributed by atoms with van der Waals surface area (Å²) in [4.78, 5) is 16.6. The van der Waals surface area contributed by atoms with Crippen LogP contribution in [0.4, 0.5) is 5.82 Å². The molecule has 0 unspecified atom stereocenters. The normalized spacial score (nSPS) is 21.9. The first-order chi connectivity index (χ1) is 13.1. The smallest absolute Gasteiger partial charge is 0.253 e. The molecule has 146 valence electrons. The molecule has 7 heteroatoms. The van der Waals surface area contributed by atoms with E-state index in [1.165, 1.54) is 6.20 Å². The van der Waals surface area contributed by atoms with Crippen molar-refractivity contribution >= 4 is 23.3 Å². The number of nitrogens with zero attached hydrogens (tertiary/aromatic N) is 2. The van der Waals surface area contributed by atoms with E-state index in [-0.39, 0.29) is 28.9 Å². The first kappa shape index (κ1) is 20.0. The number of nitrogens with one attached hydrogen (secondary N) is 1. The Morgan fingerprint density at radius 2 is 1.93 bits per heavy atom. The number of pyridine rings is 1. The number of amides is 1. The van der Waals surface area contributed by atoms with Crippen molar-refractivity contribution < 1.29 is 9.53 Å². The third-order valence-corrected chi connectivity index (χ3v) is 5.79. The number of aromatic nitrogens is 1. The van der Waals surface area contributed by atoms with Crippen LogP contribution in [-0.2, 0) is 0 Å².